The standard InChI is InChI=1S/C10H23IN2/c1-5-13(11)9-7-10(2,3)6-8-12-4/h12H,5-9H2,1-4H3. The molecule has 13 heavy (non-hydrogen) atoms. The maximum Gasteiger partial charge on any atom is 0.0201 e. The van der Waals surface area contributed by atoms with Gasteiger partial charge in [-0.05, 0) is 31.8 Å². The fourth-order valence-electron chi connectivity index (χ4n) is 1.17. The fraction of sp³-hybridized carbons (Fsp3) is 1.00. The molecule has 0 aliphatic heterocycles. The van der Waals surface area contributed by atoms with Crippen molar-refractivity contribution in [2.45, 2.75) is 33.6 Å². The zero-order chi connectivity index (χ0) is 10.3. The summed E-state index contributed by atoms with van der Waals surface area (Å²) in [5.74, 6) is 0. The summed E-state index contributed by atoms with van der Waals surface area (Å²) in [7, 11) is 2.02. The molecule has 0 aromatic rings. The lowest BCUT2D eigenvalue weighted by atomic mass is 9.86. The van der Waals surface area contributed by atoms with E-state index in [1.807, 2.05) is 7.05 Å². The Labute approximate surface area is 97.0 Å². The van der Waals surface area contributed by atoms with Crippen molar-refractivity contribution in [1.29, 1.82) is 0 Å². The Bertz CT molecular complexity index is 126. The van der Waals surface area contributed by atoms with Gasteiger partial charge in [-0.25, -0.2) is 3.11 Å². The van der Waals surface area contributed by atoms with Gasteiger partial charge in [-0.2, -0.15) is 0 Å². The summed E-state index contributed by atoms with van der Waals surface area (Å²) in [6.07, 6.45) is 2.54. The molecule has 0 unspecified atom stereocenters. The minimum Gasteiger partial charge on any atom is -0.320 e. The van der Waals surface area contributed by atoms with E-state index in [2.05, 4.69) is 52.1 Å². The summed E-state index contributed by atoms with van der Waals surface area (Å²) in [5.41, 5.74) is 0.474. The van der Waals surface area contributed by atoms with Crippen molar-refractivity contribution < 1.29 is 0 Å². The van der Waals surface area contributed by atoms with E-state index >= 15 is 0 Å². The van der Waals surface area contributed by atoms with Crippen molar-refractivity contribution in [3.63, 3.8) is 0 Å². The zero-order valence-electron chi connectivity index (χ0n) is 9.36. The summed E-state index contributed by atoms with van der Waals surface area (Å²) in [6.45, 7) is 10.4. The topological polar surface area (TPSA) is 15.3 Å². The zero-order valence-corrected chi connectivity index (χ0v) is 11.5. The predicted octanol–water partition coefficient (Wildman–Crippen LogP) is 2.68. The van der Waals surface area contributed by atoms with Crippen LogP contribution in [0.3, 0.4) is 0 Å². The molecule has 0 aliphatic rings. The van der Waals surface area contributed by atoms with Gasteiger partial charge in [0, 0.05) is 36.0 Å². The van der Waals surface area contributed by atoms with E-state index in [1.165, 1.54) is 19.4 Å². The van der Waals surface area contributed by atoms with Crippen LogP contribution in [0.5, 0.6) is 0 Å². The Morgan fingerprint density at radius 1 is 1.31 bits per heavy atom. The van der Waals surface area contributed by atoms with Crippen LogP contribution in [0.2, 0.25) is 0 Å². The van der Waals surface area contributed by atoms with Crippen LogP contribution < -0.4 is 5.32 Å². The lowest BCUT2D eigenvalue weighted by molar-refractivity contribution is 0.283. The molecule has 0 fully saturated rings. The molecule has 80 valence electrons. The normalized spacial score (nSPS) is 12.5. The van der Waals surface area contributed by atoms with Crippen LogP contribution in [-0.4, -0.2) is 29.8 Å². The van der Waals surface area contributed by atoms with E-state index in [1.54, 1.807) is 0 Å². The quantitative estimate of drug-likeness (QED) is 0.574. The molecular weight excluding hydrogens is 275 g/mol. The number of nitrogens with zero attached hydrogens (tertiary/aromatic N) is 1. The molecule has 1 N–H and O–H groups in total. The molecule has 0 spiro atoms. The number of nitrogens with one attached hydrogen (secondary N) is 1. The van der Waals surface area contributed by atoms with Crippen molar-refractivity contribution in [3.8, 4) is 0 Å². The van der Waals surface area contributed by atoms with E-state index in [4.69, 9.17) is 0 Å². The van der Waals surface area contributed by atoms with Crippen LogP contribution in [0.1, 0.15) is 33.6 Å². The van der Waals surface area contributed by atoms with Gasteiger partial charge in [-0.3, -0.25) is 0 Å². The molecule has 0 bridgehead atoms. The third-order valence-corrected chi connectivity index (χ3v) is 3.59. The fourth-order valence-corrected chi connectivity index (χ4v) is 1.41. The minimum atomic E-state index is 0.474. The van der Waals surface area contributed by atoms with Gasteiger partial charge in [0.15, 0.2) is 0 Å². The van der Waals surface area contributed by atoms with Crippen LogP contribution in [0.25, 0.3) is 0 Å². The smallest absolute Gasteiger partial charge is 0.0201 e. The average Bonchev–Trinajstić information content (AvgIpc) is 2.11. The van der Waals surface area contributed by atoms with Gasteiger partial charge in [-0.1, -0.05) is 20.8 Å². The molecule has 0 aliphatic carbocycles. The molecule has 0 saturated carbocycles. The summed E-state index contributed by atoms with van der Waals surface area (Å²) < 4.78 is 2.35. The molecule has 3 heteroatoms. The minimum absolute atomic E-state index is 0.474. The summed E-state index contributed by atoms with van der Waals surface area (Å²) in [4.78, 5) is 0. The molecule has 0 aromatic heterocycles. The van der Waals surface area contributed by atoms with Gasteiger partial charge in [0.05, 0.1) is 0 Å². The largest absolute Gasteiger partial charge is 0.320 e. The second kappa shape index (κ2) is 7.01. The summed E-state index contributed by atoms with van der Waals surface area (Å²) in [5, 5.41) is 3.21. The van der Waals surface area contributed by atoms with Gasteiger partial charge in [0.2, 0.25) is 0 Å². The number of halogens is 1. The molecule has 0 rings (SSSR count). The second-order valence-corrected chi connectivity index (χ2v) is 5.63. The van der Waals surface area contributed by atoms with Crippen LogP contribution in [0, 0.1) is 5.41 Å². The second-order valence-electron chi connectivity index (χ2n) is 4.27. The first-order valence-corrected chi connectivity index (χ1v) is 6.03. The van der Waals surface area contributed by atoms with E-state index in [0.29, 0.717) is 5.41 Å². The Morgan fingerprint density at radius 2 is 1.92 bits per heavy atom. The monoisotopic (exact) mass is 298 g/mol. The Morgan fingerprint density at radius 3 is 2.38 bits per heavy atom. The van der Waals surface area contributed by atoms with Crippen LogP contribution in [0.4, 0.5) is 0 Å². The Hall–Kier alpha value is 0.650. The molecule has 2 nitrogen and oxygen atoms in total. The van der Waals surface area contributed by atoms with Crippen LogP contribution in [-0.2, 0) is 0 Å². The van der Waals surface area contributed by atoms with Crippen molar-refractivity contribution >= 4 is 22.9 Å². The highest BCUT2D eigenvalue weighted by Crippen LogP contribution is 2.25. The lowest BCUT2D eigenvalue weighted by Crippen LogP contribution is -2.24. The lowest BCUT2D eigenvalue weighted by Gasteiger charge is -2.26. The first-order valence-electron chi connectivity index (χ1n) is 5.07. The van der Waals surface area contributed by atoms with Crippen LogP contribution >= 0.6 is 22.9 Å². The third-order valence-electron chi connectivity index (χ3n) is 2.43. The van der Waals surface area contributed by atoms with Gasteiger partial charge >= 0.3 is 0 Å². The summed E-state index contributed by atoms with van der Waals surface area (Å²) >= 11 is 2.40. The number of hydrogen-bond donors (Lipinski definition) is 1. The highest BCUT2D eigenvalue weighted by molar-refractivity contribution is 14.1. The van der Waals surface area contributed by atoms with Gasteiger partial charge in [0.25, 0.3) is 0 Å². The molecule has 0 radical (unpaired) electrons. The molecule has 0 saturated heterocycles. The van der Waals surface area contributed by atoms with E-state index in [-0.39, 0.29) is 0 Å². The van der Waals surface area contributed by atoms with Gasteiger partial charge < -0.3 is 5.32 Å². The molecule has 0 atom stereocenters. The first-order chi connectivity index (χ1) is 6.02. The predicted molar refractivity (Wildman–Crippen MR) is 68.2 cm³/mol. The molecule has 0 aromatic carbocycles. The third kappa shape index (κ3) is 7.70. The van der Waals surface area contributed by atoms with Gasteiger partial charge in [0.1, 0.15) is 0 Å². The average molecular weight is 298 g/mol. The maximum absolute atomic E-state index is 3.21. The van der Waals surface area contributed by atoms with Crippen LogP contribution in [0.15, 0.2) is 0 Å². The summed E-state index contributed by atoms with van der Waals surface area (Å²) in [6, 6.07) is 0. The Balaban J connectivity index is 3.61. The maximum atomic E-state index is 3.21. The van der Waals surface area contributed by atoms with E-state index < -0.39 is 0 Å². The highest BCUT2D eigenvalue weighted by atomic mass is 127. The van der Waals surface area contributed by atoms with Crippen molar-refractivity contribution in [2.75, 3.05) is 26.7 Å². The van der Waals surface area contributed by atoms with E-state index in [0.717, 1.165) is 13.1 Å². The van der Waals surface area contributed by atoms with Crippen molar-refractivity contribution in [2.24, 2.45) is 5.41 Å². The SMILES string of the molecule is CCN(I)CCC(C)(C)CCNC. The van der Waals surface area contributed by atoms with Crippen molar-refractivity contribution in [3.05, 3.63) is 0 Å². The van der Waals surface area contributed by atoms with Gasteiger partial charge in [-0.15, -0.1) is 0 Å². The Kier molecular flexibility index (Phi) is 7.36. The molecule has 0 amide bonds. The van der Waals surface area contributed by atoms with Crippen molar-refractivity contribution in [1.82, 2.24) is 8.43 Å². The number of hydrogen-bond acceptors (Lipinski definition) is 2. The first kappa shape index (κ1) is 13.7. The highest BCUT2D eigenvalue weighted by Gasteiger charge is 2.17. The molecular formula is C10H23IN2. The number of rotatable bonds is 7. The molecule has 0 heterocycles. The van der Waals surface area contributed by atoms with E-state index in [9.17, 15) is 0 Å².